The van der Waals surface area contributed by atoms with E-state index in [4.69, 9.17) is 14.2 Å². The molecule has 1 aliphatic carbocycles. The molecule has 0 bridgehead atoms. The lowest BCUT2D eigenvalue weighted by molar-refractivity contribution is -0.138. The average molecular weight is 290 g/mol. The fourth-order valence-electron chi connectivity index (χ4n) is 3.57. The predicted molar refractivity (Wildman–Crippen MR) is 81.8 cm³/mol. The highest BCUT2D eigenvalue weighted by atomic mass is 16.7. The van der Waals surface area contributed by atoms with Crippen molar-refractivity contribution < 1.29 is 14.2 Å². The molecule has 1 aromatic rings. The summed E-state index contributed by atoms with van der Waals surface area (Å²) < 4.78 is 17.5. The van der Waals surface area contributed by atoms with Crippen LogP contribution < -0.4 is 0 Å². The van der Waals surface area contributed by atoms with Gasteiger partial charge in [-0.25, -0.2) is 0 Å². The molecule has 1 heterocycles. The lowest BCUT2D eigenvalue weighted by Crippen LogP contribution is -2.28. The van der Waals surface area contributed by atoms with Crippen molar-refractivity contribution in [2.24, 2.45) is 11.8 Å². The van der Waals surface area contributed by atoms with Crippen molar-refractivity contribution >= 4 is 0 Å². The van der Waals surface area contributed by atoms with E-state index in [9.17, 15) is 0 Å². The van der Waals surface area contributed by atoms with Gasteiger partial charge in [0.15, 0.2) is 6.29 Å². The van der Waals surface area contributed by atoms with Crippen LogP contribution in [0.3, 0.4) is 0 Å². The summed E-state index contributed by atoms with van der Waals surface area (Å²) >= 11 is 0. The molecule has 1 saturated heterocycles. The van der Waals surface area contributed by atoms with Gasteiger partial charge in [-0.2, -0.15) is 0 Å². The fraction of sp³-hybridized carbons (Fsp3) is 0.667. The van der Waals surface area contributed by atoms with Gasteiger partial charge in [0.2, 0.25) is 0 Å². The molecular weight excluding hydrogens is 264 g/mol. The second kappa shape index (κ2) is 7.39. The average Bonchev–Trinajstić information content (AvgIpc) is 2.90. The number of fused-ring (bicyclic) bond motifs is 1. The monoisotopic (exact) mass is 290 g/mol. The van der Waals surface area contributed by atoms with Crippen LogP contribution in [0.1, 0.15) is 38.2 Å². The molecule has 0 N–H and O–H groups in total. The third-order valence-electron chi connectivity index (χ3n) is 4.68. The summed E-state index contributed by atoms with van der Waals surface area (Å²) in [5, 5.41) is 0. The van der Waals surface area contributed by atoms with E-state index < -0.39 is 0 Å². The maximum Gasteiger partial charge on any atom is 0.158 e. The molecule has 3 rings (SSSR count). The van der Waals surface area contributed by atoms with Crippen LogP contribution in [0.25, 0.3) is 0 Å². The number of hydrogen-bond donors (Lipinski definition) is 0. The summed E-state index contributed by atoms with van der Waals surface area (Å²) in [5.41, 5.74) is 1.25. The molecular formula is C18H26O3. The molecule has 3 nitrogen and oxygen atoms in total. The molecule has 1 unspecified atom stereocenters. The Labute approximate surface area is 127 Å². The minimum Gasteiger partial charge on any atom is -0.376 e. The SMILES string of the molecule is CCOC1C[C@@H]2CC[C@@H](COCc3ccccc3)C[C@@H]2O1. The van der Waals surface area contributed by atoms with Crippen LogP contribution in [0.5, 0.6) is 0 Å². The van der Waals surface area contributed by atoms with E-state index >= 15 is 0 Å². The number of ether oxygens (including phenoxy) is 3. The minimum absolute atomic E-state index is 0.0361. The lowest BCUT2D eigenvalue weighted by Gasteiger charge is -2.30. The molecule has 1 aromatic carbocycles. The quantitative estimate of drug-likeness (QED) is 0.798. The highest BCUT2D eigenvalue weighted by Crippen LogP contribution is 2.40. The lowest BCUT2D eigenvalue weighted by atomic mass is 9.80. The summed E-state index contributed by atoms with van der Waals surface area (Å²) in [4.78, 5) is 0. The minimum atomic E-state index is 0.0361. The third kappa shape index (κ3) is 4.06. The van der Waals surface area contributed by atoms with Gasteiger partial charge in [-0.3, -0.25) is 0 Å². The van der Waals surface area contributed by atoms with Crippen LogP contribution in [-0.2, 0) is 20.8 Å². The van der Waals surface area contributed by atoms with E-state index in [1.54, 1.807) is 0 Å². The number of hydrogen-bond acceptors (Lipinski definition) is 3. The first kappa shape index (κ1) is 15.0. The van der Waals surface area contributed by atoms with Gasteiger partial charge in [0.1, 0.15) is 0 Å². The first-order chi connectivity index (χ1) is 10.3. The van der Waals surface area contributed by atoms with Crippen molar-refractivity contribution in [3.8, 4) is 0 Å². The molecule has 2 fully saturated rings. The normalized spacial score (nSPS) is 32.0. The predicted octanol–water partition coefficient (Wildman–Crippen LogP) is 3.77. The zero-order valence-electron chi connectivity index (χ0n) is 12.9. The first-order valence-electron chi connectivity index (χ1n) is 8.24. The molecule has 0 aromatic heterocycles. The Hall–Kier alpha value is -0.900. The van der Waals surface area contributed by atoms with Crippen LogP contribution in [-0.4, -0.2) is 25.6 Å². The molecule has 1 aliphatic heterocycles. The zero-order valence-corrected chi connectivity index (χ0v) is 12.9. The van der Waals surface area contributed by atoms with Crippen LogP contribution in [0.2, 0.25) is 0 Å². The van der Waals surface area contributed by atoms with Crippen molar-refractivity contribution in [2.75, 3.05) is 13.2 Å². The Bertz CT molecular complexity index is 420. The van der Waals surface area contributed by atoms with Gasteiger partial charge in [-0.05, 0) is 43.6 Å². The largest absolute Gasteiger partial charge is 0.376 e. The Balaban J connectivity index is 1.40. The Morgan fingerprint density at radius 3 is 2.81 bits per heavy atom. The van der Waals surface area contributed by atoms with Gasteiger partial charge in [0, 0.05) is 19.6 Å². The Morgan fingerprint density at radius 1 is 1.14 bits per heavy atom. The standard InChI is InChI=1S/C18H26O3/c1-2-20-18-11-16-9-8-15(10-17(16)21-18)13-19-12-14-6-4-3-5-7-14/h3-7,15-18H,2,8-13H2,1H3/t15-,16+,17+,18?/m1/s1. The molecule has 0 spiro atoms. The molecule has 21 heavy (non-hydrogen) atoms. The van der Waals surface area contributed by atoms with E-state index in [0.717, 1.165) is 26.1 Å². The van der Waals surface area contributed by atoms with Gasteiger partial charge >= 0.3 is 0 Å². The number of rotatable bonds is 6. The van der Waals surface area contributed by atoms with Crippen molar-refractivity contribution in [3.63, 3.8) is 0 Å². The maximum absolute atomic E-state index is 6.02. The topological polar surface area (TPSA) is 27.7 Å². The summed E-state index contributed by atoms with van der Waals surface area (Å²) in [5.74, 6) is 1.34. The maximum atomic E-state index is 6.02. The van der Waals surface area contributed by atoms with E-state index in [2.05, 4.69) is 24.3 Å². The van der Waals surface area contributed by atoms with Crippen molar-refractivity contribution in [1.82, 2.24) is 0 Å². The van der Waals surface area contributed by atoms with Gasteiger partial charge < -0.3 is 14.2 Å². The summed E-state index contributed by atoms with van der Waals surface area (Å²) in [7, 11) is 0. The molecule has 0 amide bonds. The van der Waals surface area contributed by atoms with Crippen molar-refractivity contribution in [1.29, 1.82) is 0 Å². The van der Waals surface area contributed by atoms with Crippen molar-refractivity contribution in [2.45, 2.75) is 51.6 Å². The molecule has 1 saturated carbocycles. The van der Waals surface area contributed by atoms with E-state index in [0.29, 0.717) is 24.5 Å². The van der Waals surface area contributed by atoms with Gasteiger partial charge in [-0.1, -0.05) is 30.3 Å². The Kier molecular flexibility index (Phi) is 5.28. The fourth-order valence-corrected chi connectivity index (χ4v) is 3.57. The first-order valence-corrected chi connectivity index (χ1v) is 8.24. The third-order valence-corrected chi connectivity index (χ3v) is 4.68. The van der Waals surface area contributed by atoms with E-state index in [-0.39, 0.29) is 6.29 Å². The highest BCUT2D eigenvalue weighted by molar-refractivity contribution is 5.13. The zero-order chi connectivity index (χ0) is 14.5. The second-order valence-corrected chi connectivity index (χ2v) is 6.24. The van der Waals surface area contributed by atoms with Gasteiger partial charge in [0.05, 0.1) is 12.7 Å². The van der Waals surface area contributed by atoms with Crippen LogP contribution >= 0.6 is 0 Å². The molecule has 4 atom stereocenters. The molecule has 0 radical (unpaired) electrons. The summed E-state index contributed by atoms with van der Waals surface area (Å²) in [6.45, 7) is 4.34. The second-order valence-electron chi connectivity index (χ2n) is 6.24. The smallest absolute Gasteiger partial charge is 0.158 e. The Morgan fingerprint density at radius 2 is 2.00 bits per heavy atom. The molecule has 3 heteroatoms. The van der Waals surface area contributed by atoms with Crippen LogP contribution in [0.4, 0.5) is 0 Å². The van der Waals surface area contributed by atoms with Crippen molar-refractivity contribution in [3.05, 3.63) is 35.9 Å². The molecule has 2 aliphatic rings. The highest BCUT2D eigenvalue weighted by Gasteiger charge is 2.39. The van der Waals surface area contributed by atoms with E-state index in [1.807, 2.05) is 13.0 Å². The van der Waals surface area contributed by atoms with E-state index in [1.165, 1.54) is 18.4 Å². The van der Waals surface area contributed by atoms with Crippen LogP contribution in [0, 0.1) is 11.8 Å². The van der Waals surface area contributed by atoms with Gasteiger partial charge in [-0.15, -0.1) is 0 Å². The number of benzene rings is 1. The summed E-state index contributed by atoms with van der Waals surface area (Å²) in [6, 6.07) is 10.4. The summed E-state index contributed by atoms with van der Waals surface area (Å²) in [6.07, 6.45) is 5.15. The van der Waals surface area contributed by atoms with Crippen LogP contribution in [0.15, 0.2) is 30.3 Å². The molecule has 116 valence electrons. The van der Waals surface area contributed by atoms with Gasteiger partial charge in [0.25, 0.3) is 0 Å².